The molecule has 5 nitrogen and oxygen atoms in total. The lowest BCUT2D eigenvalue weighted by Crippen LogP contribution is -2.15. The first-order valence-electron chi connectivity index (χ1n) is 9.27. The standard InChI is InChI=1S/C23H21F2NO4/c1-14-4-8-18(9-5-14)26-15(2)12-20(16(26)3)22(28)29-13-21(27)17-6-10-19(11-7-17)30-23(24)25/h4-12,23H,13H2,1-3H3. The van der Waals surface area contributed by atoms with Crippen LogP contribution in [-0.4, -0.2) is 29.5 Å². The van der Waals surface area contributed by atoms with Gasteiger partial charge in [0.15, 0.2) is 12.4 Å². The molecule has 0 saturated heterocycles. The van der Waals surface area contributed by atoms with E-state index in [0.717, 1.165) is 16.9 Å². The van der Waals surface area contributed by atoms with Crippen molar-refractivity contribution in [1.82, 2.24) is 4.57 Å². The molecular weight excluding hydrogens is 392 g/mol. The molecule has 156 valence electrons. The molecule has 0 aliphatic rings. The van der Waals surface area contributed by atoms with Crippen LogP contribution in [-0.2, 0) is 4.74 Å². The second-order valence-electron chi connectivity index (χ2n) is 6.86. The Labute approximate surface area is 172 Å². The fourth-order valence-corrected chi connectivity index (χ4v) is 3.18. The van der Waals surface area contributed by atoms with Crippen LogP contribution in [0.3, 0.4) is 0 Å². The normalized spacial score (nSPS) is 10.9. The Morgan fingerprint density at radius 3 is 2.20 bits per heavy atom. The number of nitrogens with zero attached hydrogens (tertiary/aromatic N) is 1. The molecule has 0 aliphatic carbocycles. The zero-order valence-corrected chi connectivity index (χ0v) is 16.8. The van der Waals surface area contributed by atoms with Crippen LogP contribution in [0.25, 0.3) is 5.69 Å². The summed E-state index contributed by atoms with van der Waals surface area (Å²) in [6.07, 6.45) is 0. The Bertz CT molecular complexity index is 1050. The summed E-state index contributed by atoms with van der Waals surface area (Å²) in [5.41, 5.74) is 4.24. The number of benzene rings is 2. The van der Waals surface area contributed by atoms with Crippen molar-refractivity contribution >= 4 is 11.8 Å². The number of ether oxygens (including phenoxy) is 2. The molecule has 0 aliphatic heterocycles. The SMILES string of the molecule is Cc1ccc(-n2c(C)cc(C(=O)OCC(=O)c3ccc(OC(F)F)cc3)c2C)cc1. The lowest BCUT2D eigenvalue weighted by atomic mass is 10.1. The Hall–Kier alpha value is -3.48. The first-order chi connectivity index (χ1) is 14.3. The van der Waals surface area contributed by atoms with E-state index in [0.29, 0.717) is 11.3 Å². The molecule has 7 heteroatoms. The zero-order valence-electron chi connectivity index (χ0n) is 16.8. The summed E-state index contributed by atoms with van der Waals surface area (Å²) in [5.74, 6) is -1.10. The number of hydrogen-bond donors (Lipinski definition) is 0. The molecule has 0 saturated carbocycles. The molecule has 0 fully saturated rings. The number of carbonyl (C=O) groups excluding carboxylic acids is 2. The molecule has 0 unspecified atom stereocenters. The van der Waals surface area contributed by atoms with Gasteiger partial charge in [0.05, 0.1) is 5.56 Å². The second kappa shape index (κ2) is 8.90. The molecule has 3 aromatic rings. The van der Waals surface area contributed by atoms with Gasteiger partial charge < -0.3 is 14.0 Å². The summed E-state index contributed by atoms with van der Waals surface area (Å²) in [4.78, 5) is 24.8. The van der Waals surface area contributed by atoms with Gasteiger partial charge in [0.2, 0.25) is 0 Å². The van der Waals surface area contributed by atoms with E-state index in [4.69, 9.17) is 4.74 Å². The van der Waals surface area contributed by atoms with Gasteiger partial charge in [-0.25, -0.2) is 4.79 Å². The van der Waals surface area contributed by atoms with E-state index in [1.807, 2.05) is 49.6 Å². The third kappa shape index (κ3) is 4.74. The molecule has 0 radical (unpaired) electrons. The number of hydrogen-bond acceptors (Lipinski definition) is 4. The zero-order chi connectivity index (χ0) is 21.8. The van der Waals surface area contributed by atoms with Crippen LogP contribution < -0.4 is 4.74 Å². The number of alkyl halides is 2. The van der Waals surface area contributed by atoms with E-state index >= 15 is 0 Å². The van der Waals surface area contributed by atoms with Crippen molar-refractivity contribution in [2.24, 2.45) is 0 Å². The van der Waals surface area contributed by atoms with Gasteiger partial charge in [-0.15, -0.1) is 0 Å². The number of halogens is 2. The molecule has 0 N–H and O–H groups in total. The van der Waals surface area contributed by atoms with Gasteiger partial charge in [-0.2, -0.15) is 8.78 Å². The van der Waals surface area contributed by atoms with Crippen molar-refractivity contribution in [3.8, 4) is 11.4 Å². The van der Waals surface area contributed by atoms with Crippen LogP contribution in [0.4, 0.5) is 8.78 Å². The van der Waals surface area contributed by atoms with E-state index in [2.05, 4.69) is 4.74 Å². The quantitative estimate of drug-likeness (QED) is 0.402. The predicted octanol–water partition coefficient (Wildman–Crippen LogP) is 5.04. The van der Waals surface area contributed by atoms with Crippen molar-refractivity contribution in [3.63, 3.8) is 0 Å². The number of rotatable bonds is 7. The number of ketones is 1. The van der Waals surface area contributed by atoms with Crippen LogP contribution in [0.15, 0.2) is 54.6 Å². The molecule has 3 rings (SSSR count). The van der Waals surface area contributed by atoms with Gasteiger partial charge in [-0.3, -0.25) is 4.79 Å². The molecule has 1 heterocycles. The van der Waals surface area contributed by atoms with Gasteiger partial charge in [0.25, 0.3) is 0 Å². The van der Waals surface area contributed by atoms with Gasteiger partial charge in [-0.05, 0) is 63.2 Å². The molecule has 0 atom stereocenters. The molecule has 0 bridgehead atoms. The molecule has 2 aromatic carbocycles. The number of aromatic nitrogens is 1. The molecule has 0 spiro atoms. The average Bonchev–Trinajstić information content (AvgIpc) is 3.01. The molecule has 0 amide bonds. The third-order valence-electron chi connectivity index (χ3n) is 4.68. The maximum absolute atomic E-state index is 12.5. The average molecular weight is 413 g/mol. The minimum atomic E-state index is -2.94. The molecule has 1 aromatic heterocycles. The predicted molar refractivity (Wildman–Crippen MR) is 108 cm³/mol. The van der Waals surface area contributed by atoms with Crippen molar-refractivity contribution in [2.75, 3.05) is 6.61 Å². The smallest absolute Gasteiger partial charge is 0.387 e. The molecular formula is C23H21F2NO4. The van der Waals surface area contributed by atoms with E-state index in [1.165, 1.54) is 24.3 Å². The minimum Gasteiger partial charge on any atom is -0.454 e. The number of esters is 1. The van der Waals surface area contributed by atoms with Crippen molar-refractivity contribution in [1.29, 1.82) is 0 Å². The van der Waals surface area contributed by atoms with Crippen LogP contribution in [0.2, 0.25) is 0 Å². The van der Waals surface area contributed by atoms with Crippen molar-refractivity contribution < 1.29 is 27.8 Å². The monoisotopic (exact) mass is 413 g/mol. The van der Waals surface area contributed by atoms with E-state index in [1.54, 1.807) is 6.07 Å². The molecule has 30 heavy (non-hydrogen) atoms. The Balaban J connectivity index is 1.68. The minimum absolute atomic E-state index is 0.0536. The Morgan fingerprint density at radius 2 is 1.60 bits per heavy atom. The van der Waals surface area contributed by atoms with Crippen molar-refractivity contribution in [3.05, 3.63) is 82.7 Å². The highest BCUT2D eigenvalue weighted by Crippen LogP contribution is 2.22. The first kappa shape index (κ1) is 21.2. The van der Waals surface area contributed by atoms with Crippen LogP contribution in [0.1, 0.15) is 37.7 Å². The fraction of sp³-hybridized carbons (Fsp3) is 0.217. The van der Waals surface area contributed by atoms with Gasteiger partial charge in [-0.1, -0.05) is 17.7 Å². The summed E-state index contributed by atoms with van der Waals surface area (Å²) in [6.45, 7) is 2.30. The maximum atomic E-state index is 12.5. The highest BCUT2D eigenvalue weighted by molar-refractivity contribution is 5.99. The number of aryl methyl sites for hydroxylation is 2. The Kier molecular flexibility index (Phi) is 6.30. The van der Waals surface area contributed by atoms with Crippen LogP contribution >= 0.6 is 0 Å². The summed E-state index contributed by atoms with van der Waals surface area (Å²) >= 11 is 0. The van der Waals surface area contributed by atoms with E-state index in [-0.39, 0.29) is 11.3 Å². The summed E-state index contributed by atoms with van der Waals surface area (Å²) in [6, 6.07) is 14.8. The van der Waals surface area contributed by atoms with Gasteiger partial charge >= 0.3 is 12.6 Å². The third-order valence-corrected chi connectivity index (χ3v) is 4.68. The van der Waals surface area contributed by atoms with Crippen LogP contribution in [0.5, 0.6) is 5.75 Å². The topological polar surface area (TPSA) is 57.5 Å². The Morgan fingerprint density at radius 1 is 0.967 bits per heavy atom. The first-order valence-corrected chi connectivity index (χ1v) is 9.27. The van der Waals surface area contributed by atoms with Crippen molar-refractivity contribution in [2.45, 2.75) is 27.4 Å². The highest BCUT2D eigenvalue weighted by atomic mass is 19.3. The van der Waals surface area contributed by atoms with Gasteiger partial charge in [0, 0.05) is 22.6 Å². The van der Waals surface area contributed by atoms with Crippen LogP contribution in [0, 0.1) is 20.8 Å². The highest BCUT2D eigenvalue weighted by Gasteiger charge is 2.19. The lowest BCUT2D eigenvalue weighted by molar-refractivity contribution is -0.0498. The van der Waals surface area contributed by atoms with E-state index in [9.17, 15) is 18.4 Å². The maximum Gasteiger partial charge on any atom is 0.387 e. The largest absolute Gasteiger partial charge is 0.454 e. The van der Waals surface area contributed by atoms with Gasteiger partial charge in [0.1, 0.15) is 5.75 Å². The second-order valence-corrected chi connectivity index (χ2v) is 6.86. The summed E-state index contributed by atoms with van der Waals surface area (Å²) in [5, 5.41) is 0. The summed E-state index contributed by atoms with van der Waals surface area (Å²) in [7, 11) is 0. The lowest BCUT2D eigenvalue weighted by Gasteiger charge is -2.10. The number of Topliss-reactive ketones (excluding diaryl/α,β-unsaturated/α-hetero) is 1. The fourth-order valence-electron chi connectivity index (χ4n) is 3.18. The van der Waals surface area contributed by atoms with E-state index < -0.39 is 25.0 Å². The summed E-state index contributed by atoms with van der Waals surface area (Å²) < 4.78 is 35.8. The number of carbonyl (C=O) groups is 2.